The number of hydrogen-bond donors (Lipinski definition) is 2. The van der Waals surface area contributed by atoms with Crippen LogP contribution in [0, 0.1) is 0 Å². The summed E-state index contributed by atoms with van der Waals surface area (Å²) in [6.45, 7) is 8.45. The average molecular weight is 510 g/mol. The molecular formula is C28H28ClNO6. The number of aliphatic hydroxyl groups is 1. The number of nitrogens with zero attached hydrogens (tertiary/aromatic N) is 1. The molecule has 0 radical (unpaired) electrons. The molecule has 1 saturated heterocycles. The number of amides is 1. The van der Waals surface area contributed by atoms with Crippen LogP contribution in [0.3, 0.4) is 0 Å². The zero-order chi connectivity index (χ0) is 26.2. The molecule has 7 nitrogen and oxygen atoms in total. The van der Waals surface area contributed by atoms with E-state index in [4.69, 9.17) is 20.8 Å². The first-order valence-electron chi connectivity index (χ1n) is 11.6. The van der Waals surface area contributed by atoms with Gasteiger partial charge in [-0.25, -0.2) is 0 Å². The van der Waals surface area contributed by atoms with Crippen molar-refractivity contribution < 1.29 is 29.0 Å². The smallest absolute Gasteiger partial charge is 0.296 e. The summed E-state index contributed by atoms with van der Waals surface area (Å²) in [4.78, 5) is 27.8. The Morgan fingerprint density at radius 3 is 2.50 bits per heavy atom. The van der Waals surface area contributed by atoms with E-state index in [1.165, 1.54) is 23.3 Å². The Morgan fingerprint density at radius 1 is 1.14 bits per heavy atom. The lowest BCUT2D eigenvalue weighted by atomic mass is 9.84. The molecule has 2 aromatic carbocycles. The Bertz CT molecular complexity index is 1340. The number of ether oxygens (including phenoxy) is 1. The van der Waals surface area contributed by atoms with Crippen molar-refractivity contribution in [1.82, 2.24) is 4.90 Å². The molecule has 1 unspecified atom stereocenters. The minimum atomic E-state index is -0.946. The van der Waals surface area contributed by atoms with Gasteiger partial charge >= 0.3 is 0 Å². The van der Waals surface area contributed by atoms with Crippen LogP contribution in [0.25, 0.3) is 5.76 Å². The first-order valence-corrected chi connectivity index (χ1v) is 12.0. The predicted octanol–water partition coefficient (Wildman–Crippen LogP) is 5.96. The predicted molar refractivity (Wildman–Crippen MR) is 136 cm³/mol. The first-order chi connectivity index (χ1) is 17.0. The fourth-order valence-electron chi connectivity index (χ4n) is 4.35. The van der Waals surface area contributed by atoms with Crippen LogP contribution in [0.1, 0.15) is 56.2 Å². The van der Waals surface area contributed by atoms with Gasteiger partial charge in [0.15, 0.2) is 0 Å². The van der Waals surface area contributed by atoms with Gasteiger partial charge in [0.05, 0.1) is 36.1 Å². The number of hydrogen-bond acceptors (Lipinski definition) is 6. The summed E-state index contributed by atoms with van der Waals surface area (Å²) in [5, 5.41) is 21.4. The third-order valence-corrected chi connectivity index (χ3v) is 6.40. The van der Waals surface area contributed by atoms with E-state index in [2.05, 4.69) is 0 Å². The Labute approximate surface area is 214 Å². The van der Waals surface area contributed by atoms with Crippen molar-refractivity contribution in [2.45, 2.75) is 45.7 Å². The second-order valence-electron chi connectivity index (χ2n) is 9.61. The first kappa shape index (κ1) is 25.4. The second kappa shape index (κ2) is 9.74. The Balaban J connectivity index is 1.90. The minimum absolute atomic E-state index is 0.00797. The quantitative estimate of drug-likeness (QED) is 0.242. The van der Waals surface area contributed by atoms with Gasteiger partial charge in [0.1, 0.15) is 23.0 Å². The third-order valence-electron chi connectivity index (χ3n) is 6.09. The van der Waals surface area contributed by atoms with Gasteiger partial charge in [-0.1, -0.05) is 38.4 Å². The standard InChI is InChI=1S/C28H28ClNO6/c1-5-35-22-11-9-17(13-19(22)28(2,3)4)25(32)23-24(16-8-10-21(31)20(29)14-16)30(27(34)26(23)33)15-18-7-6-12-36-18/h6-14,24,31-32H,5,15H2,1-4H3/b25-23-. The number of furan rings is 1. The van der Waals surface area contributed by atoms with Crippen LogP contribution in [-0.4, -0.2) is 33.4 Å². The molecule has 1 fully saturated rings. The monoisotopic (exact) mass is 509 g/mol. The molecule has 8 heteroatoms. The lowest BCUT2D eigenvalue weighted by Gasteiger charge is -2.25. The molecule has 0 bridgehead atoms. The zero-order valence-corrected chi connectivity index (χ0v) is 21.3. The molecule has 0 saturated carbocycles. The normalized spacial score (nSPS) is 17.6. The van der Waals surface area contributed by atoms with Gasteiger partial charge in [0.25, 0.3) is 11.7 Å². The van der Waals surface area contributed by atoms with E-state index in [0.717, 1.165) is 5.56 Å². The molecule has 36 heavy (non-hydrogen) atoms. The van der Waals surface area contributed by atoms with E-state index in [0.29, 0.717) is 29.2 Å². The van der Waals surface area contributed by atoms with Gasteiger partial charge in [0.2, 0.25) is 0 Å². The molecule has 1 aliphatic rings. The van der Waals surface area contributed by atoms with Crippen LogP contribution < -0.4 is 4.74 Å². The highest BCUT2D eigenvalue weighted by atomic mass is 35.5. The highest BCUT2D eigenvalue weighted by molar-refractivity contribution is 6.46. The lowest BCUT2D eigenvalue weighted by molar-refractivity contribution is -0.140. The van der Waals surface area contributed by atoms with E-state index in [9.17, 15) is 19.8 Å². The molecule has 1 atom stereocenters. The van der Waals surface area contributed by atoms with E-state index in [1.54, 1.807) is 36.4 Å². The molecule has 0 aliphatic carbocycles. The summed E-state index contributed by atoms with van der Waals surface area (Å²) in [6.07, 6.45) is 1.48. The number of rotatable bonds is 6. The van der Waals surface area contributed by atoms with E-state index < -0.39 is 17.7 Å². The number of benzene rings is 2. The second-order valence-corrected chi connectivity index (χ2v) is 10.0. The summed E-state index contributed by atoms with van der Waals surface area (Å²) in [6, 6.07) is 12.1. The summed E-state index contributed by atoms with van der Waals surface area (Å²) in [5.41, 5.74) is 1.32. The average Bonchev–Trinajstić information content (AvgIpc) is 3.43. The number of aliphatic hydroxyl groups excluding tert-OH is 1. The number of likely N-dealkylation sites (tertiary alicyclic amines) is 1. The van der Waals surface area contributed by atoms with Crippen molar-refractivity contribution in [2.24, 2.45) is 0 Å². The minimum Gasteiger partial charge on any atom is -0.507 e. The van der Waals surface area contributed by atoms with Crippen molar-refractivity contribution >= 4 is 29.1 Å². The number of halogens is 1. The summed E-state index contributed by atoms with van der Waals surface area (Å²) in [7, 11) is 0. The maximum atomic E-state index is 13.3. The fourth-order valence-corrected chi connectivity index (χ4v) is 4.54. The van der Waals surface area contributed by atoms with Crippen molar-refractivity contribution in [3.8, 4) is 11.5 Å². The Kier molecular flexibility index (Phi) is 6.87. The van der Waals surface area contributed by atoms with Crippen LogP contribution in [-0.2, 0) is 21.5 Å². The fraction of sp³-hybridized carbons (Fsp3) is 0.286. The molecule has 2 heterocycles. The summed E-state index contributed by atoms with van der Waals surface area (Å²) >= 11 is 6.17. The van der Waals surface area contributed by atoms with Gasteiger partial charge in [-0.15, -0.1) is 0 Å². The summed E-state index contributed by atoms with van der Waals surface area (Å²) < 4.78 is 11.2. The van der Waals surface area contributed by atoms with Gasteiger partial charge in [0, 0.05) is 11.1 Å². The number of ketones is 1. The van der Waals surface area contributed by atoms with Crippen LogP contribution in [0.5, 0.6) is 11.5 Å². The molecule has 1 amide bonds. The maximum Gasteiger partial charge on any atom is 0.296 e. The maximum absolute atomic E-state index is 13.3. The van der Waals surface area contributed by atoms with Crippen molar-refractivity contribution in [3.63, 3.8) is 0 Å². The molecule has 188 valence electrons. The number of phenolic OH excluding ortho intramolecular Hbond substituents is 1. The van der Waals surface area contributed by atoms with Crippen molar-refractivity contribution in [2.75, 3.05) is 6.61 Å². The number of carbonyl (C=O) groups is 2. The van der Waals surface area contributed by atoms with Crippen molar-refractivity contribution in [1.29, 1.82) is 0 Å². The van der Waals surface area contributed by atoms with Gasteiger partial charge in [-0.3, -0.25) is 9.59 Å². The van der Waals surface area contributed by atoms with Gasteiger partial charge in [-0.05, 0) is 60.4 Å². The van der Waals surface area contributed by atoms with Crippen LogP contribution >= 0.6 is 11.6 Å². The molecule has 4 rings (SSSR count). The molecule has 2 N–H and O–H groups in total. The van der Waals surface area contributed by atoms with Crippen molar-refractivity contribution in [3.05, 3.63) is 87.8 Å². The highest BCUT2D eigenvalue weighted by Crippen LogP contribution is 2.43. The number of phenols is 1. The Hall–Kier alpha value is -3.71. The van der Waals surface area contributed by atoms with Crippen LogP contribution in [0.2, 0.25) is 5.02 Å². The number of Topliss-reactive ketones (excluding diaryl/α,β-unsaturated/α-hetero) is 1. The molecule has 1 aliphatic heterocycles. The van der Waals surface area contributed by atoms with Gasteiger partial charge in [-0.2, -0.15) is 0 Å². The van der Waals surface area contributed by atoms with E-state index in [-0.39, 0.29) is 34.1 Å². The third kappa shape index (κ3) is 4.71. The lowest BCUT2D eigenvalue weighted by Crippen LogP contribution is -2.29. The number of aromatic hydroxyl groups is 1. The Morgan fingerprint density at radius 2 is 1.89 bits per heavy atom. The largest absolute Gasteiger partial charge is 0.507 e. The molecular weight excluding hydrogens is 482 g/mol. The molecule has 1 aromatic heterocycles. The SMILES string of the molecule is CCOc1ccc(/C(O)=C2/C(=O)C(=O)N(Cc3ccco3)C2c2ccc(O)c(Cl)c2)cc1C(C)(C)C. The summed E-state index contributed by atoms with van der Waals surface area (Å²) in [5.74, 6) is -0.879. The highest BCUT2D eigenvalue weighted by Gasteiger charge is 2.46. The van der Waals surface area contributed by atoms with E-state index >= 15 is 0 Å². The van der Waals surface area contributed by atoms with Crippen LogP contribution in [0.4, 0.5) is 0 Å². The number of carbonyl (C=O) groups excluding carboxylic acids is 2. The topological polar surface area (TPSA) is 100 Å². The van der Waals surface area contributed by atoms with Gasteiger partial charge < -0.3 is 24.3 Å². The zero-order valence-electron chi connectivity index (χ0n) is 20.5. The molecule has 3 aromatic rings. The van der Waals surface area contributed by atoms with E-state index in [1.807, 2.05) is 27.7 Å². The molecule has 0 spiro atoms. The van der Waals surface area contributed by atoms with Crippen LogP contribution in [0.15, 0.2) is 64.8 Å².